The second-order valence-electron chi connectivity index (χ2n) is 6.01. The summed E-state index contributed by atoms with van der Waals surface area (Å²) >= 11 is 1.44. The molecule has 2 heterocycles. The Morgan fingerprint density at radius 1 is 1.15 bits per heavy atom. The van der Waals surface area contributed by atoms with E-state index in [0.717, 1.165) is 21.8 Å². The van der Waals surface area contributed by atoms with E-state index < -0.39 is 5.97 Å². The first kappa shape index (κ1) is 17.3. The van der Waals surface area contributed by atoms with Crippen LogP contribution in [0.1, 0.15) is 32.5 Å². The number of carbonyl (C=O) groups is 2. The number of benzene rings is 2. The Labute approximate surface area is 160 Å². The fraction of sp³-hybridized carbons (Fsp3) is 0.143. The van der Waals surface area contributed by atoms with E-state index in [1.165, 1.54) is 11.3 Å². The van der Waals surface area contributed by atoms with Gasteiger partial charge in [0.05, 0.1) is 17.0 Å². The zero-order valence-corrected chi connectivity index (χ0v) is 15.5. The van der Waals surface area contributed by atoms with Gasteiger partial charge in [-0.2, -0.15) is 0 Å². The van der Waals surface area contributed by atoms with Gasteiger partial charge < -0.3 is 14.8 Å². The van der Waals surface area contributed by atoms with Crippen molar-refractivity contribution >= 4 is 28.9 Å². The molecule has 1 aliphatic rings. The van der Waals surface area contributed by atoms with Crippen LogP contribution in [-0.4, -0.2) is 18.5 Å². The number of thiophene rings is 1. The second-order valence-corrected chi connectivity index (χ2v) is 7.06. The van der Waals surface area contributed by atoms with E-state index in [1.54, 1.807) is 31.2 Å². The van der Waals surface area contributed by atoms with Gasteiger partial charge in [-0.1, -0.05) is 18.2 Å². The minimum atomic E-state index is -0.408. The summed E-state index contributed by atoms with van der Waals surface area (Å²) in [6.45, 7) is 2.51. The summed E-state index contributed by atoms with van der Waals surface area (Å²) in [6, 6.07) is 16.4. The number of para-hydroxylation sites is 1. The first-order chi connectivity index (χ1) is 13.2. The van der Waals surface area contributed by atoms with Crippen LogP contribution >= 0.6 is 11.3 Å². The topological polar surface area (TPSA) is 64.6 Å². The molecule has 27 heavy (non-hydrogen) atoms. The number of hydrogen-bond donors (Lipinski definition) is 1. The number of carbonyl (C=O) groups excluding carboxylic acids is 2. The number of hydrogen-bond acceptors (Lipinski definition) is 5. The Morgan fingerprint density at radius 2 is 2.00 bits per heavy atom. The van der Waals surface area contributed by atoms with E-state index in [2.05, 4.69) is 5.32 Å². The van der Waals surface area contributed by atoms with Gasteiger partial charge in [-0.15, -0.1) is 11.3 Å². The highest BCUT2D eigenvalue weighted by atomic mass is 32.1. The number of esters is 1. The van der Waals surface area contributed by atoms with E-state index in [0.29, 0.717) is 29.3 Å². The van der Waals surface area contributed by atoms with Gasteiger partial charge in [0.25, 0.3) is 5.91 Å². The van der Waals surface area contributed by atoms with Crippen molar-refractivity contribution in [1.82, 2.24) is 0 Å². The normalized spacial score (nSPS) is 11.7. The van der Waals surface area contributed by atoms with Crippen LogP contribution in [0.25, 0.3) is 10.4 Å². The molecule has 1 N–H and O–H groups in total. The molecule has 6 heteroatoms. The highest BCUT2D eigenvalue weighted by Crippen LogP contribution is 2.42. The zero-order valence-electron chi connectivity index (χ0n) is 14.7. The molecular formula is C21H17NO4S. The summed E-state index contributed by atoms with van der Waals surface area (Å²) in [5.74, 6) is 0.211. The molecule has 0 aliphatic carbocycles. The molecule has 3 aromatic rings. The highest BCUT2D eigenvalue weighted by molar-refractivity contribution is 7.17. The van der Waals surface area contributed by atoms with Gasteiger partial charge in [0.2, 0.25) is 0 Å². The third-order valence-corrected chi connectivity index (χ3v) is 5.39. The minimum Gasteiger partial charge on any atom is -0.488 e. The Balaban J connectivity index is 1.56. The molecule has 0 bridgehead atoms. The number of anilines is 1. The van der Waals surface area contributed by atoms with Gasteiger partial charge in [0.15, 0.2) is 0 Å². The molecular weight excluding hydrogens is 362 g/mol. The van der Waals surface area contributed by atoms with Gasteiger partial charge in [-0.3, -0.25) is 4.79 Å². The molecule has 0 atom stereocenters. The van der Waals surface area contributed by atoms with Gasteiger partial charge in [-0.25, -0.2) is 4.79 Å². The monoisotopic (exact) mass is 379 g/mol. The summed E-state index contributed by atoms with van der Waals surface area (Å²) < 4.78 is 10.7. The average Bonchev–Trinajstić information content (AvgIpc) is 3.13. The quantitative estimate of drug-likeness (QED) is 0.665. The fourth-order valence-corrected chi connectivity index (χ4v) is 4.03. The SMILES string of the molecule is CCOC(=O)c1cccc(NC(=O)c2cc3c(s2)-c2ccccc2OC3)c1. The van der Waals surface area contributed by atoms with Crippen LogP contribution in [0, 0.1) is 0 Å². The van der Waals surface area contributed by atoms with Crippen molar-refractivity contribution in [2.24, 2.45) is 0 Å². The van der Waals surface area contributed by atoms with Crippen molar-refractivity contribution in [3.05, 3.63) is 70.6 Å². The molecule has 0 fully saturated rings. The van der Waals surface area contributed by atoms with Gasteiger partial charge in [0, 0.05) is 21.7 Å². The summed E-state index contributed by atoms with van der Waals surface area (Å²) in [4.78, 5) is 26.2. The lowest BCUT2D eigenvalue weighted by Gasteiger charge is -2.16. The van der Waals surface area contributed by atoms with E-state index in [9.17, 15) is 9.59 Å². The molecule has 1 amide bonds. The van der Waals surface area contributed by atoms with Crippen LogP contribution in [-0.2, 0) is 11.3 Å². The van der Waals surface area contributed by atoms with Gasteiger partial charge >= 0.3 is 5.97 Å². The number of fused-ring (bicyclic) bond motifs is 3. The van der Waals surface area contributed by atoms with Crippen LogP contribution in [0.15, 0.2) is 54.6 Å². The van der Waals surface area contributed by atoms with Crippen LogP contribution in [0.3, 0.4) is 0 Å². The maximum Gasteiger partial charge on any atom is 0.338 e. The third kappa shape index (κ3) is 3.44. The lowest BCUT2D eigenvalue weighted by Crippen LogP contribution is -2.11. The third-order valence-electron chi connectivity index (χ3n) is 4.18. The molecule has 0 spiro atoms. The van der Waals surface area contributed by atoms with E-state index in [1.807, 2.05) is 30.3 Å². The van der Waals surface area contributed by atoms with Crippen molar-refractivity contribution in [3.8, 4) is 16.2 Å². The van der Waals surface area contributed by atoms with Gasteiger partial charge in [-0.05, 0) is 43.3 Å². The maximum absolute atomic E-state index is 12.7. The smallest absolute Gasteiger partial charge is 0.338 e. The first-order valence-corrected chi connectivity index (χ1v) is 9.41. The van der Waals surface area contributed by atoms with Gasteiger partial charge in [0.1, 0.15) is 12.4 Å². The molecule has 2 aromatic carbocycles. The second kappa shape index (κ2) is 7.25. The average molecular weight is 379 g/mol. The summed E-state index contributed by atoms with van der Waals surface area (Å²) in [6.07, 6.45) is 0. The zero-order chi connectivity index (χ0) is 18.8. The molecule has 0 unspecified atom stereocenters. The molecule has 1 aromatic heterocycles. The molecule has 136 valence electrons. The number of rotatable bonds is 4. The summed E-state index contributed by atoms with van der Waals surface area (Å²) in [5, 5.41) is 2.85. The number of nitrogens with one attached hydrogen (secondary N) is 1. The van der Waals surface area contributed by atoms with Crippen LogP contribution in [0.5, 0.6) is 5.75 Å². The first-order valence-electron chi connectivity index (χ1n) is 8.59. The summed E-state index contributed by atoms with van der Waals surface area (Å²) in [5.41, 5.74) is 2.97. The Morgan fingerprint density at radius 3 is 2.85 bits per heavy atom. The Bertz CT molecular complexity index is 1020. The van der Waals surface area contributed by atoms with E-state index in [-0.39, 0.29) is 5.91 Å². The van der Waals surface area contributed by atoms with Crippen molar-refractivity contribution in [3.63, 3.8) is 0 Å². The Kier molecular flexibility index (Phi) is 4.64. The van der Waals surface area contributed by atoms with E-state index >= 15 is 0 Å². The molecule has 5 nitrogen and oxygen atoms in total. The minimum absolute atomic E-state index is 0.215. The van der Waals surface area contributed by atoms with Crippen molar-refractivity contribution in [2.75, 3.05) is 11.9 Å². The van der Waals surface area contributed by atoms with Crippen LogP contribution < -0.4 is 10.1 Å². The van der Waals surface area contributed by atoms with Crippen molar-refractivity contribution in [1.29, 1.82) is 0 Å². The largest absolute Gasteiger partial charge is 0.488 e. The van der Waals surface area contributed by atoms with Crippen molar-refractivity contribution in [2.45, 2.75) is 13.5 Å². The molecule has 4 rings (SSSR count). The molecule has 0 saturated carbocycles. The number of ether oxygens (including phenoxy) is 2. The molecule has 1 aliphatic heterocycles. The predicted molar refractivity (Wildman–Crippen MR) is 104 cm³/mol. The standard InChI is InChI=1S/C21H17NO4S/c1-2-25-21(24)13-6-5-7-15(10-13)22-20(23)18-11-14-12-26-17-9-4-3-8-16(17)19(14)27-18/h3-11H,2,12H2,1H3,(H,22,23). The Hall–Kier alpha value is -3.12. The van der Waals surface area contributed by atoms with Crippen LogP contribution in [0.2, 0.25) is 0 Å². The highest BCUT2D eigenvalue weighted by Gasteiger charge is 2.22. The lowest BCUT2D eigenvalue weighted by atomic mass is 10.1. The lowest BCUT2D eigenvalue weighted by molar-refractivity contribution is 0.0526. The van der Waals surface area contributed by atoms with E-state index in [4.69, 9.17) is 9.47 Å². The van der Waals surface area contributed by atoms with Crippen LogP contribution in [0.4, 0.5) is 5.69 Å². The van der Waals surface area contributed by atoms with Crippen molar-refractivity contribution < 1.29 is 19.1 Å². The predicted octanol–water partition coefficient (Wildman–Crippen LogP) is 4.74. The number of amides is 1. The molecule has 0 radical (unpaired) electrons. The molecule has 0 saturated heterocycles. The maximum atomic E-state index is 12.7. The summed E-state index contributed by atoms with van der Waals surface area (Å²) in [7, 11) is 0. The fourth-order valence-electron chi connectivity index (χ4n) is 2.94.